The van der Waals surface area contributed by atoms with E-state index in [1.54, 1.807) is 6.20 Å². The summed E-state index contributed by atoms with van der Waals surface area (Å²) in [5.41, 5.74) is 1.79. The fraction of sp³-hybridized carbons (Fsp3) is 0.500. The number of aromatic nitrogens is 3. The van der Waals surface area contributed by atoms with Crippen LogP contribution in [0.15, 0.2) is 36.9 Å². The summed E-state index contributed by atoms with van der Waals surface area (Å²) in [4.78, 5) is 17.5. The van der Waals surface area contributed by atoms with Crippen LogP contribution in [0.5, 0.6) is 0 Å². The van der Waals surface area contributed by atoms with E-state index in [4.69, 9.17) is 11.6 Å². The predicted octanol–water partition coefficient (Wildman–Crippen LogP) is 3.41. The van der Waals surface area contributed by atoms with Crippen LogP contribution >= 0.6 is 11.6 Å². The summed E-state index contributed by atoms with van der Waals surface area (Å²) >= 11 is 5.97. The second-order valence-corrected chi connectivity index (χ2v) is 7.27. The van der Waals surface area contributed by atoms with Gasteiger partial charge in [0.2, 0.25) is 0 Å². The Morgan fingerprint density at radius 2 is 1.46 bits per heavy atom. The summed E-state index contributed by atoms with van der Waals surface area (Å²) in [6.45, 7) is 4.37. The third-order valence-corrected chi connectivity index (χ3v) is 5.77. The maximum Gasteiger partial charge on any atom is 0.149 e. The zero-order chi connectivity index (χ0) is 16.4. The molecule has 2 aliphatic rings. The van der Waals surface area contributed by atoms with Crippen molar-refractivity contribution in [1.82, 2.24) is 15.0 Å². The van der Waals surface area contributed by atoms with Gasteiger partial charge in [-0.25, -0.2) is 4.98 Å². The van der Waals surface area contributed by atoms with Crippen LogP contribution in [0.3, 0.4) is 0 Å². The number of anilines is 2. The van der Waals surface area contributed by atoms with Crippen LogP contribution in [-0.2, 0) is 0 Å². The van der Waals surface area contributed by atoms with Crippen LogP contribution in [0, 0.1) is 5.41 Å². The average Bonchev–Trinajstić information content (AvgIpc) is 2.64. The molecule has 0 unspecified atom stereocenters. The first-order valence-electron chi connectivity index (χ1n) is 8.62. The highest BCUT2D eigenvalue weighted by molar-refractivity contribution is 6.29. The molecule has 2 aliphatic heterocycles. The van der Waals surface area contributed by atoms with E-state index in [1.165, 1.54) is 31.4 Å². The molecule has 0 saturated carbocycles. The second kappa shape index (κ2) is 6.55. The smallest absolute Gasteiger partial charge is 0.149 e. The van der Waals surface area contributed by atoms with Gasteiger partial charge in [0, 0.05) is 44.3 Å². The fourth-order valence-corrected chi connectivity index (χ4v) is 4.13. The fourth-order valence-electron chi connectivity index (χ4n) is 3.99. The van der Waals surface area contributed by atoms with Crippen molar-refractivity contribution in [3.05, 3.63) is 42.1 Å². The molecule has 24 heavy (non-hydrogen) atoms. The summed E-state index contributed by atoms with van der Waals surface area (Å²) in [7, 11) is 0. The van der Waals surface area contributed by atoms with Gasteiger partial charge in [0.05, 0.1) is 12.4 Å². The molecule has 0 aliphatic carbocycles. The number of hydrogen-bond donors (Lipinski definition) is 0. The quantitative estimate of drug-likeness (QED) is 0.836. The lowest BCUT2D eigenvalue weighted by Crippen LogP contribution is -2.47. The third-order valence-electron chi connectivity index (χ3n) is 5.59. The Labute approximate surface area is 147 Å². The highest BCUT2D eigenvalue weighted by Gasteiger charge is 2.37. The predicted molar refractivity (Wildman–Crippen MR) is 96.6 cm³/mol. The molecule has 2 aromatic rings. The Morgan fingerprint density at radius 3 is 2.08 bits per heavy atom. The van der Waals surface area contributed by atoms with E-state index in [0.29, 0.717) is 10.6 Å². The molecule has 0 amide bonds. The van der Waals surface area contributed by atoms with E-state index in [2.05, 4.69) is 36.9 Å². The molecule has 0 atom stereocenters. The molecular weight excluding hydrogens is 322 g/mol. The number of hydrogen-bond acceptors (Lipinski definition) is 5. The van der Waals surface area contributed by atoms with Crippen LogP contribution in [0.25, 0.3) is 0 Å². The molecule has 1 spiro atoms. The Kier molecular flexibility index (Phi) is 4.27. The van der Waals surface area contributed by atoms with Crippen LogP contribution < -0.4 is 9.80 Å². The summed E-state index contributed by atoms with van der Waals surface area (Å²) in [6, 6.07) is 4.22. The second-order valence-electron chi connectivity index (χ2n) is 6.88. The van der Waals surface area contributed by atoms with Gasteiger partial charge in [0.1, 0.15) is 11.0 Å². The average molecular weight is 344 g/mol. The normalized spacial score (nSPS) is 20.4. The lowest BCUT2D eigenvalue weighted by Gasteiger charge is -2.47. The van der Waals surface area contributed by atoms with Crippen LogP contribution in [0.2, 0.25) is 5.15 Å². The minimum Gasteiger partial charge on any atom is -0.371 e. The highest BCUT2D eigenvalue weighted by atomic mass is 35.5. The van der Waals surface area contributed by atoms with Gasteiger partial charge in [-0.1, -0.05) is 11.6 Å². The maximum absolute atomic E-state index is 5.97. The molecule has 0 aromatic carbocycles. The molecule has 2 saturated heterocycles. The summed E-state index contributed by atoms with van der Waals surface area (Å²) < 4.78 is 0. The minimum absolute atomic E-state index is 0.471. The van der Waals surface area contributed by atoms with Gasteiger partial charge in [-0.2, -0.15) is 0 Å². The van der Waals surface area contributed by atoms with Gasteiger partial charge < -0.3 is 9.80 Å². The van der Waals surface area contributed by atoms with Crippen molar-refractivity contribution in [3.63, 3.8) is 0 Å². The van der Waals surface area contributed by atoms with Gasteiger partial charge >= 0.3 is 0 Å². The minimum atomic E-state index is 0.471. The van der Waals surface area contributed by atoms with Crippen LogP contribution in [0.1, 0.15) is 25.7 Å². The zero-order valence-electron chi connectivity index (χ0n) is 13.7. The Bertz CT molecular complexity index is 675. The van der Waals surface area contributed by atoms with E-state index in [0.717, 1.165) is 32.0 Å². The first-order chi connectivity index (χ1) is 11.7. The monoisotopic (exact) mass is 343 g/mol. The Balaban J connectivity index is 1.36. The van der Waals surface area contributed by atoms with Gasteiger partial charge in [-0.05, 0) is 43.2 Å². The molecule has 2 aromatic heterocycles. The Hall–Kier alpha value is -1.88. The van der Waals surface area contributed by atoms with E-state index >= 15 is 0 Å². The SMILES string of the molecule is Clc1cncc(N2CCC3(CCN(c4ccncc4)CC3)CC2)n1. The van der Waals surface area contributed by atoms with Gasteiger partial charge in [0.25, 0.3) is 0 Å². The number of halogens is 1. The van der Waals surface area contributed by atoms with Crippen molar-refractivity contribution >= 4 is 23.1 Å². The number of nitrogens with zero attached hydrogens (tertiary/aromatic N) is 5. The number of piperidine rings is 2. The molecule has 2 fully saturated rings. The molecule has 4 rings (SSSR count). The van der Waals surface area contributed by atoms with Crippen molar-refractivity contribution in [2.45, 2.75) is 25.7 Å². The number of pyridine rings is 1. The summed E-state index contributed by atoms with van der Waals surface area (Å²) in [5.74, 6) is 0.909. The molecule has 6 heteroatoms. The van der Waals surface area contributed by atoms with E-state index < -0.39 is 0 Å². The maximum atomic E-state index is 5.97. The number of rotatable bonds is 2. The molecule has 5 nitrogen and oxygen atoms in total. The van der Waals surface area contributed by atoms with Crippen molar-refractivity contribution in [3.8, 4) is 0 Å². The van der Waals surface area contributed by atoms with E-state index in [-0.39, 0.29) is 0 Å². The van der Waals surface area contributed by atoms with Gasteiger partial charge in [-0.3, -0.25) is 9.97 Å². The summed E-state index contributed by atoms with van der Waals surface area (Å²) in [5, 5.41) is 0.471. The van der Waals surface area contributed by atoms with Gasteiger partial charge in [0.15, 0.2) is 0 Å². The van der Waals surface area contributed by atoms with Gasteiger partial charge in [-0.15, -0.1) is 0 Å². The van der Waals surface area contributed by atoms with E-state index in [1.807, 2.05) is 18.6 Å². The topological polar surface area (TPSA) is 45.2 Å². The van der Waals surface area contributed by atoms with Crippen molar-refractivity contribution in [2.24, 2.45) is 5.41 Å². The zero-order valence-corrected chi connectivity index (χ0v) is 14.5. The molecular formula is C18H22ClN5. The van der Waals surface area contributed by atoms with Crippen molar-refractivity contribution < 1.29 is 0 Å². The molecule has 0 N–H and O–H groups in total. The first-order valence-corrected chi connectivity index (χ1v) is 8.99. The molecule has 0 bridgehead atoms. The van der Waals surface area contributed by atoms with Crippen molar-refractivity contribution in [2.75, 3.05) is 36.0 Å². The van der Waals surface area contributed by atoms with E-state index in [9.17, 15) is 0 Å². The molecule has 126 valence electrons. The standard InChI is InChI=1S/C18H22ClN5/c19-16-13-21-14-17(22-16)24-11-5-18(6-12-24)3-9-23(10-4-18)15-1-7-20-8-2-15/h1-2,7-8,13-14H,3-6,9-12H2. The van der Waals surface area contributed by atoms with Crippen LogP contribution in [-0.4, -0.2) is 41.1 Å². The van der Waals surface area contributed by atoms with Crippen LogP contribution in [0.4, 0.5) is 11.5 Å². The molecule has 4 heterocycles. The Morgan fingerprint density at radius 1 is 0.833 bits per heavy atom. The lowest BCUT2D eigenvalue weighted by molar-refractivity contribution is 0.166. The lowest BCUT2D eigenvalue weighted by atomic mass is 9.71. The van der Waals surface area contributed by atoms with Crippen molar-refractivity contribution in [1.29, 1.82) is 0 Å². The summed E-state index contributed by atoms with van der Waals surface area (Å²) in [6.07, 6.45) is 12.2. The first kappa shape index (κ1) is 15.6. The largest absolute Gasteiger partial charge is 0.371 e. The molecule has 0 radical (unpaired) electrons. The highest BCUT2D eigenvalue weighted by Crippen LogP contribution is 2.42. The third kappa shape index (κ3) is 3.18.